The van der Waals surface area contributed by atoms with Crippen molar-refractivity contribution in [2.24, 2.45) is 5.73 Å². The number of thiophene rings is 1. The minimum Gasteiger partial charge on any atom is -0.326 e. The Kier molecular flexibility index (Phi) is 4.35. The molecule has 0 aliphatic carbocycles. The lowest BCUT2D eigenvalue weighted by atomic mass is 10.1. The molecule has 2 unspecified atom stereocenters. The Bertz CT molecular complexity index is 308. The summed E-state index contributed by atoms with van der Waals surface area (Å²) in [4.78, 5) is 2.11. The first kappa shape index (κ1) is 13.5. The third-order valence-corrected chi connectivity index (χ3v) is 3.18. The van der Waals surface area contributed by atoms with Crippen LogP contribution >= 0.6 is 11.3 Å². The second kappa shape index (κ2) is 5.16. The van der Waals surface area contributed by atoms with Crippen molar-refractivity contribution in [2.45, 2.75) is 25.2 Å². The van der Waals surface area contributed by atoms with Crippen LogP contribution in [0.25, 0.3) is 0 Å². The fraction of sp³-hybridized carbons (Fsp3) is 0.600. The van der Waals surface area contributed by atoms with Crippen LogP contribution in [0.4, 0.5) is 13.2 Å². The Hall–Kier alpha value is -0.590. The highest BCUT2D eigenvalue weighted by Gasteiger charge is 2.33. The molecule has 1 heterocycles. The SMILES string of the molecule is CC(N)C(c1cccs1)N(C)CC(F)(F)F. The molecule has 2 N–H and O–H groups in total. The van der Waals surface area contributed by atoms with Crippen molar-refractivity contribution in [1.82, 2.24) is 4.90 Å². The molecule has 0 amide bonds. The standard InChI is InChI=1S/C10H15F3N2S/c1-7(14)9(8-4-3-5-16-8)15(2)6-10(11,12)13/h3-5,7,9H,6,14H2,1-2H3. The van der Waals surface area contributed by atoms with Crippen LogP contribution < -0.4 is 5.73 Å². The summed E-state index contributed by atoms with van der Waals surface area (Å²) in [7, 11) is 1.45. The summed E-state index contributed by atoms with van der Waals surface area (Å²) >= 11 is 1.42. The molecule has 0 aliphatic heterocycles. The molecule has 0 saturated carbocycles. The molecular weight excluding hydrogens is 237 g/mol. The number of hydrogen-bond donors (Lipinski definition) is 1. The molecule has 0 bridgehead atoms. The zero-order chi connectivity index (χ0) is 12.3. The summed E-state index contributed by atoms with van der Waals surface area (Å²) in [5.74, 6) is 0. The van der Waals surface area contributed by atoms with E-state index in [-0.39, 0.29) is 12.1 Å². The number of alkyl halides is 3. The zero-order valence-corrected chi connectivity index (χ0v) is 9.98. The van der Waals surface area contributed by atoms with E-state index < -0.39 is 12.7 Å². The van der Waals surface area contributed by atoms with Crippen molar-refractivity contribution in [3.8, 4) is 0 Å². The van der Waals surface area contributed by atoms with Crippen molar-refractivity contribution in [1.29, 1.82) is 0 Å². The molecule has 1 rings (SSSR count). The van der Waals surface area contributed by atoms with Gasteiger partial charge in [0.1, 0.15) is 0 Å². The molecule has 6 heteroatoms. The highest BCUT2D eigenvalue weighted by atomic mass is 32.1. The molecule has 2 atom stereocenters. The lowest BCUT2D eigenvalue weighted by Gasteiger charge is -2.30. The molecule has 1 aromatic heterocycles. The molecular formula is C10H15F3N2S. The topological polar surface area (TPSA) is 29.3 Å². The molecule has 0 aliphatic rings. The summed E-state index contributed by atoms with van der Waals surface area (Å²) in [5.41, 5.74) is 5.75. The van der Waals surface area contributed by atoms with Gasteiger partial charge in [-0.05, 0) is 25.4 Å². The number of nitrogens with two attached hydrogens (primary N) is 1. The van der Waals surface area contributed by atoms with Gasteiger partial charge in [-0.15, -0.1) is 11.3 Å². The highest BCUT2D eigenvalue weighted by molar-refractivity contribution is 7.10. The number of nitrogens with zero attached hydrogens (tertiary/aromatic N) is 1. The third-order valence-electron chi connectivity index (χ3n) is 2.24. The Morgan fingerprint density at radius 1 is 1.50 bits per heavy atom. The maximum absolute atomic E-state index is 12.3. The zero-order valence-electron chi connectivity index (χ0n) is 9.16. The van der Waals surface area contributed by atoms with E-state index in [1.165, 1.54) is 23.3 Å². The Morgan fingerprint density at radius 2 is 2.12 bits per heavy atom. The van der Waals surface area contributed by atoms with Gasteiger partial charge in [0.25, 0.3) is 0 Å². The van der Waals surface area contributed by atoms with Gasteiger partial charge in [-0.1, -0.05) is 6.07 Å². The van der Waals surface area contributed by atoms with Crippen LogP contribution in [0, 0.1) is 0 Å². The number of likely N-dealkylation sites (N-methyl/N-ethyl adjacent to an activating group) is 1. The minimum absolute atomic E-state index is 0.342. The van der Waals surface area contributed by atoms with Gasteiger partial charge in [0, 0.05) is 10.9 Å². The van der Waals surface area contributed by atoms with Crippen LogP contribution in [0.3, 0.4) is 0 Å². The number of rotatable bonds is 4. The first-order valence-electron chi connectivity index (χ1n) is 4.87. The predicted octanol–water partition coefficient (Wildman–Crippen LogP) is 2.63. The van der Waals surface area contributed by atoms with Gasteiger partial charge in [0.05, 0.1) is 12.6 Å². The van der Waals surface area contributed by atoms with E-state index in [1.54, 1.807) is 6.92 Å². The maximum Gasteiger partial charge on any atom is 0.401 e. The van der Waals surface area contributed by atoms with Crippen molar-refractivity contribution in [3.05, 3.63) is 22.4 Å². The second-order valence-corrected chi connectivity index (χ2v) is 4.83. The number of halogens is 3. The Labute approximate surface area is 96.9 Å². The Balaban J connectivity index is 2.79. The van der Waals surface area contributed by atoms with Gasteiger partial charge in [-0.2, -0.15) is 13.2 Å². The van der Waals surface area contributed by atoms with Gasteiger partial charge >= 0.3 is 6.18 Å². The van der Waals surface area contributed by atoms with Crippen molar-refractivity contribution < 1.29 is 13.2 Å². The predicted molar refractivity (Wildman–Crippen MR) is 59.4 cm³/mol. The summed E-state index contributed by atoms with van der Waals surface area (Å²) < 4.78 is 36.9. The minimum atomic E-state index is -4.20. The number of hydrogen-bond acceptors (Lipinski definition) is 3. The van der Waals surface area contributed by atoms with E-state index in [0.29, 0.717) is 0 Å². The molecule has 0 aromatic carbocycles. The summed E-state index contributed by atoms with van der Waals surface area (Å²) in [6, 6.07) is 2.90. The van der Waals surface area contributed by atoms with Gasteiger partial charge in [-0.3, -0.25) is 4.90 Å². The first-order valence-corrected chi connectivity index (χ1v) is 5.75. The summed E-state index contributed by atoms with van der Waals surface area (Å²) in [5, 5.41) is 1.84. The summed E-state index contributed by atoms with van der Waals surface area (Å²) in [6.07, 6.45) is -4.20. The van der Waals surface area contributed by atoms with E-state index in [1.807, 2.05) is 17.5 Å². The van der Waals surface area contributed by atoms with Crippen molar-refractivity contribution in [2.75, 3.05) is 13.6 Å². The van der Waals surface area contributed by atoms with E-state index in [2.05, 4.69) is 0 Å². The third kappa shape index (κ3) is 3.77. The normalized spacial score (nSPS) is 16.4. The molecule has 0 fully saturated rings. The quantitative estimate of drug-likeness (QED) is 0.892. The van der Waals surface area contributed by atoms with Crippen LogP contribution in [-0.2, 0) is 0 Å². The fourth-order valence-corrected chi connectivity index (χ4v) is 2.72. The van der Waals surface area contributed by atoms with Gasteiger partial charge in [0.15, 0.2) is 0 Å². The van der Waals surface area contributed by atoms with E-state index >= 15 is 0 Å². The molecule has 0 saturated heterocycles. The molecule has 0 radical (unpaired) electrons. The molecule has 2 nitrogen and oxygen atoms in total. The van der Waals surface area contributed by atoms with Crippen molar-refractivity contribution >= 4 is 11.3 Å². The maximum atomic E-state index is 12.3. The molecule has 0 spiro atoms. The smallest absolute Gasteiger partial charge is 0.326 e. The largest absolute Gasteiger partial charge is 0.401 e. The highest BCUT2D eigenvalue weighted by Crippen LogP contribution is 2.29. The monoisotopic (exact) mass is 252 g/mol. The second-order valence-electron chi connectivity index (χ2n) is 3.85. The van der Waals surface area contributed by atoms with Gasteiger partial charge < -0.3 is 5.73 Å². The molecule has 16 heavy (non-hydrogen) atoms. The van der Waals surface area contributed by atoms with E-state index in [9.17, 15) is 13.2 Å². The van der Waals surface area contributed by atoms with Crippen LogP contribution in [0.5, 0.6) is 0 Å². The lowest BCUT2D eigenvalue weighted by molar-refractivity contribution is -0.148. The molecule has 1 aromatic rings. The van der Waals surface area contributed by atoms with E-state index in [0.717, 1.165) is 4.88 Å². The Morgan fingerprint density at radius 3 is 2.50 bits per heavy atom. The van der Waals surface area contributed by atoms with E-state index in [4.69, 9.17) is 5.73 Å². The van der Waals surface area contributed by atoms with Gasteiger partial charge in [-0.25, -0.2) is 0 Å². The van der Waals surface area contributed by atoms with Crippen LogP contribution in [-0.4, -0.2) is 30.7 Å². The average molecular weight is 252 g/mol. The van der Waals surface area contributed by atoms with Crippen LogP contribution in [0.2, 0.25) is 0 Å². The lowest BCUT2D eigenvalue weighted by Crippen LogP contribution is -2.41. The van der Waals surface area contributed by atoms with Crippen LogP contribution in [0.1, 0.15) is 17.8 Å². The van der Waals surface area contributed by atoms with Crippen molar-refractivity contribution in [3.63, 3.8) is 0 Å². The summed E-state index contributed by atoms with van der Waals surface area (Å²) in [6.45, 7) is 0.772. The van der Waals surface area contributed by atoms with Crippen LogP contribution in [0.15, 0.2) is 17.5 Å². The average Bonchev–Trinajstić information content (AvgIpc) is 2.52. The van der Waals surface area contributed by atoms with Gasteiger partial charge in [0.2, 0.25) is 0 Å². The fourth-order valence-electron chi connectivity index (χ4n) is 1.72. The first-order chi connectivity index (χ1) is 7.31. The molecule has 92 valence electrons.